The summed E-state index contributed by atoms with van der Waals surface area (Å²) < 4.78 is 0.737. The van der Waals surface area contributed by atoms with Crippen LogP contribution in [-0.4, -0.2) is 29.3 Å². The second-order valence-corrected chi connectivity index (χ2v) is 5.25. The molecule has 5 nitrogen and oxygen atoms in total. The Labute approximate surface area is 113 Å². The summed E-state index contributed by atoms with van der Waals surface area (Å²) in [7, 11) is 0. The Morgan fingerprint density at radius 2 is 2.06 bits per heavy atom. The van der Waals surface area contributed by atoms with E-state index >= 15 is 0 Å². The highest BCUT2D eigenvalue weighted by atomic mass is 79.9. The molecule has 0 spiro atoms. The Bertz CT molecular complexity index is 484. The molecule has 1 aromatic carbocycles. The molecular formula is C12H14BrN3O2. The van der Waals surface area contributed by atoms with Crippen LogP contribution in [0.2, 0.25) is 0 Å². The third kappa shape index (κ3) is 2.48. The molecule has 1 saturated heterocycles. The maximum atomic E-state index is 12.3. The van der Waals surface area contributed by atoms with Crippen LogP contribution in [0.15, 0.2) is 22.7 Å². The molecule has 1 heterocycles. The first kappa shape index (κ1) is 12.9. The molecule has 0 saturated carbocycles. The fraction of sp³-hybridized carbons (Fsp3) is 0.333. The first-order chi connectivity index (χ1) is 8.49. The lowest BCUT2D eigenvalue weighted by molar-refractivity contribution is -0.121. The summed E-state index contributed by atoms with van der Waals surface area (Å²) in [6.45, 7) is 0.554. The smallest absolute Gasteiger partial charge is 0.254 e. The van der Waals surface area contributed by atoms with E-state index in [4.69, 9.17) is 11.5 Å². The Kier molecular flexibility index (Phi) is 3.56. The topological polar surface area (TPSA) is 89.4 Å². The fourth-order valence-corrected chi connectivity index (χ4v) is 2.72. The summed E-state index contributed by atoms with van der Waals surface area (Å²) in [5.41, 5.74) is 12.0. The van der Waals surface area contributed by atoms with Gasteiger partial charge in [0.05, 0.1) is 0 Å². The number of carbonyl (C=O) groups is 2. The first-order valence-electron chi connectivity index (χ1n) is 5.65. The molecule has 0 bridgehead atoms. The molecule has 6 heteroatoms. The molecule has 18 heavy (non-hydrogen) atoms. The minimum absolute atomic E-state index is 0.204. The molecular weight excluding hydrogens is 298 g/mol. The number of benzene rings is 1. The average Bonchev–Trinajstić information content (AvgIpc) is 2.75. The standard InChI is InChI=1S/C12H14BrN3O2/c13-8-4-7(5-9(14)6-8)12(18)16-3-1-2-10(16)11(15)17/h4-6,10H,1-3,14H2,(H2,15,17). The van der Waals surface area contributed by atoms with Gasteiger partial charge in [0.15, 0.2) is 0 Å². The van der Waals surface area contributed by atoms with Gasteiger partial charge in [-0.05, 0) is 31.0 Å². The van der Waals surface area contributed by atoms with Gasteiger partial charge in [0.1, 0.15) is 6.04 Å². The molecule has 1 fully saturated rings. The van der Waals surface area contributed by atoms with Crippen molar-refractivity contribution in [1.29, 1.82) is 0 Å². The van der Waals surface area contributed by atoms with Crippen molar-refractivity contribution in [3.05, 3.63) is 28.2 Å². The second-order valence-electron chi connectivity index (χ2n) is 4.33. The highest BCUT2D eigenvalue weighted by Gasteiger charge is 2.33. The third-order valence-corrected chi connectivity index (χ3v) is 3.47. The summed E-state index contributed by atoms with van der Waals surface area (Å²) in [5.74, 6) is -0.659. The van der Waals surface area contributed by atoms with Crippen LogP contribution in [-0.2, 0) is 4.79 Å². The summed E-state index contributed by atoms with van der Waals surface area (Å²) in [5, 5.41) is 0. The van der Waals surface area contributed by atoms with Gasteiger partial charge < -0.3 is 16.4 Å². The molecule has 96 valence electrons. The normalized spacial score (nSPS) is 18.9. The quantitative estimate of drug-likeness (QED) is 0.802. The maximum absolute atomic E-state index is 12.3. The third-order valence-electron chi connectivity index (χ3n) is 3.01. The van der Waals surface area contributed by atoms with Crippen molar-refractivity contribution in [2.45, 2.75) is 18.9 Å². The van der Waals surface area contributed by atoms with Crippen LogP contribution < -0.4 is 11.5 Å². The number of carbonyl (C=O) groups excluding carboxylic acids is 2. The number of nitrogens with zero attached hydrogens (tertiary/aromatic N) is 1. The number of amides is 2. The number of rotatable bonds is 2. The molecule has 2 amide bonds. The van der Waals surface area contributed by atoms with E-state index in [-0.39, 0.29) is 5.91 Å². The van der Waals surface area contributed by atoms with Gasteiger partial charge in [-0.15, -0.1) is 0 Å². The molecule has 1 aromatic rings. The summed E-state index contributed by atoms with van der Waals surface area (Å²) in [4.78, 5) is 25.1. The van der Waals surface area contributed by atoms with E-state index in [1.165, 1.54) is 4.90 Å². The lowest BCUT2D eigenvalue weighted by Gasteiger charge is -2.22. The van der Waals surface area contributed by atoms with Crippen molar-refractivity contribution in [3.8, 4) is 0 Å². The summed E-state index contributed by atoms with van der Waals surface area (Å²) >= 11 is 3.29. The number of hydrogen-bond donors (Lipinski definition) is 2. The maximum Gasteiger partial charge on any atom is 0.254 e. The van der Waals surface area contributed by atoms with Crippen molar-refractivity contribution in [3.63, 3.8) is 0 Å². The zero-order valence-electron chi connectivity index (χ0n) is 9.73. The first-order valence-corrected chi connectivity index (χ1v) is 6.44. The zero-order chi connectivity index (χ0) is 13.3. The molecule has 0 aromatic heterocycles. The van der Waals surface area contributed by atoms with Gasteiger partial charge in [-0.25, -0.2) is 0 Å². The van der Waals surface area contributed by atoms with Crippen LogP contribution in [0.1, 0.15) is 23.2 Å². The van der Waals surface area contributed by atoms with Gasteiger partial charge in [-0.3, -0.25) is 9.59 Å². The number of anilines is 1. The van der Waals surface area contributed by atoms with Crippen LogP contribution >= 0.6 is 15.9 Å². The van der Waals surface area contributed by atoms with Crippen molar-refractivity contribution >= 4 is 33.4 Å². The molecule has 2 rings (SSSR count). The van der Waals surface area contributed by atoms with E-state index in [2.05, 4.69) is 15.9 Å². The SMILES string of the molecule is NC(=O)C1CCCN1C(=O)c1cc(N)cc(Br)c1. The second kappa shape index (κ2) is 4.97. The Morgan fingerprint density at radius 1 is 1.33 bits per heavy atom. The monoisotopic (exact) mass is 311 g/mol. The molecule has 1 unspecified atom stereocenters. The number of hydrogen-bond acceptors (Lipinski definition) is 3. The van der Waals surface area contributed by atoms with Gasteiger partial charge in [-0.1, -0.05) is 15.9 Å². The number of nitrogens with two attached hydrogens (primary N) is 2. The predicted molar refractivity (Wildman–Crippen MR) is 71.8 cm³/mol. The van der Waals surface area contributed by atoms with Crippen LogP contribution in [0.5, 0.6) is 0 Å². The van der Waals surface area contributed by atoms with E-state index < -0.39 is 11.9 Å². The fourth-order valence-electron chi connectivity index (χ4n) is 2.21. The lowest BCUT2D eigenvalue weighted by atomic mass is 10.1. The minimum atomic E-state index is -0.502. The Balaban J connectivity index is 2.28. The zero-order valence-corrected chi connectivity index (χ0v) is 11.3. The van der Waals surface area contributed by atoms with E-state index in [9.17, 15) is 9.59 Å². The number of primary amides is 1. The van der Waals surface area contributed by atoms with Crippen molar-refractivity contribution < 1.29 is 9.59 Å². The average molecular weight is 312 g/mol. The molecule has 1 atom stereocenters. The summed E-state index contributed by atoms with van der Waals surface area (Å²) in [6, 6.07) is 4.50. The number of halogens is 1. The highest BCUT2D eigenvalue weighted by Crippen LogP contribution is 2.23. The molecule has 1 aliphatic rings. The molecule has 4 N–H and O–H groups in total. The van der Waals surface area contributed by atoms with E-state index in [0.717, 1.165) is 10.9 Å². The molecule has 0 radical (unpaired) electrons. The van der Waals surface area contributed by atoms with E-state index in [1.54, 1.807) is 18.2 Å². The van der Waals surface area contributed by atoms with Crippen molar-refractivity contribution in [2.24, 2.45) is 5.73 Å². The predicted octanol–water partition coefficient (Wildman–Crippen LogP) is 1.12. The van der Waals surface area contributed by atoms with Gasteiger partial charge in [-0.2, -0.15) is 0 Å². The Morgan fingerprint density at radius 3 is 2.67 bits per heavy atom. The van der Waals surface area contributed by atoms with E-state index in [1.807, 2.05) is 0 Å². The van der Waals surface area contributed by atoms with Crippen molar-refractivity contribution in [1.82, 2.24) is 4.90 Å². The number of likely N-dealkylation sites (tertiary alicyclic amines) is 1. The van der Waals surface area contributed by atoms with Gasteiger partial charge in [0.2, 0.25) is 5.91 Å². The summed E-state index contributed by atoms with van der Waals surface area (Å²) in [6.07, 6.45) is 1.42. The van der Waals surface area contributed by atoms with Gasteiger partial charge in [0, 0.05) is 22.3 Å². The Hall–Kier alpha value is -1.56. The van der Waals surface area contributed by atoms with E-state index in [0.29, 0.717) is 24.2 Å². The van der Waals surface area contributed by atoms with Gasteiger partial charge >= 0.3 is 0 Å². The lowest BCUT2D eigenvalue weighted by Crippen LogP contribution is -2.43. The van der Waals surface area contributed by atoms with Gasteiger partial charge in [0.25, 0.3) is 5.91 Å². The van der Waals surface area contributed by atoms with Crippen LogP contribution in [0.25, 0.3) is 0 Å². The van der Waals surface area contributed by atoms with Crippen LogP contribution in [0.4, 0.5) is 5.69 Å². The number of nitrogen functional groups attached to an aromatic ring is 1. The highest BCUT2D eigenvalue weighted by molar-refractivity contribution is 9.10. The largest absolute Gasteiger partial charge is 0.399 e. The molecule has 0 aliphatic carbocycles. The minimum Gasteiger partial charge on any atom is -0.399 e. The van der Waals surface area contributed by atoms with Crippen LogP contribution in [0.3, 0.4) is 0 Å². The van der Waals surface area contributed by atoms with Crippen LogP contribution in [0, 0.1) is 0 Å². The van der Waals surface area contributed by atoms with Crippen molar-refractivity contribution in [2.75, 3.05) is 12.3 Å². The molecule has 1 aliphatic heterocycles.